The SMILES string of the molecule is COc1ccc(NC(=S)Nc2ccc(F)c([N+](=O)[O-])c2)cc1. The Hall–Kier alpha value is -2.74. The molecule has 2 rings (SSSR count). The molecule has 8 heteroatoms. The van der Waals surface area contributed by atoms with Crippen LogP contribution in [0.1, 0.15) is 0 Å². The minimum Gasteiger partial charge on any atom is -0.497 e. The summed E-state index contributed by atoms with van der Waals surface area (Å²) >= 11 is 5.10. The van der Waals surface area contributed by atoms with Crippen LogP contribution in [-0.2, 0) is 0 Å². The molecule has 0 amide bonds. The Morgan fingerprint density at radius 2 is 1.77 bits per heavy atom. The molecule has 22 heavy (non-hydrogen) atoms. The van der Waals surface area contributed by atoms with Crippen LogP contribution in [0.4, 0.5) is 21.5 Å². The van der Waals surface area contributed by atoms with Crippen LogP contribution < -0.4 is 15.4 Å². The first kappa shape index (κ1) is 15.6. The first-order valence-corrected chi connectivity index (χ1v) is 6.56. The molecule has 0 heterocycles. The van der Waals surface area contributed by atoms with Gasteiger partial charge in [0, 0.05) is 17.4 Å². The summed E-state index contributed by atoms with van der Waals surface area (Å²) in [5.74, 6) is -0.192. The van der Waals surface area contributed by atoms with Gasteiger partial charge in [-0.05, 0) is 48.6 Å². The monoisotopic (exact) mass is 321 g/mol. The van der Waals surface area contributed by atoms with Crippen LogP contribution in [0.2, 0.25) is 0 Å². The maximum absolute atomic E-state index is 13.2. The third-order valence-electron chi connectivity index (χ3n) is 2.75. The molecule has 0 bridgehead atoms. The largest absolute Gasteiger partial charge is 0.497 e. The Morgan fingerprint density at radius 1 is 1.18 bits per heavy atom. The highest BCUT2D eigenvalue weighted by atomic mass is 32.1. The maximum atomic E-state index is 13.2. The van der Waals surface area contributed by atoms with E-state index in [9.17, 15) is 14.5 Å². The summed E-state index contributed by atoms with van der Waals surface area (Å²) in [5, 5.41) is 16.6. The average molecular weight is 321 g/mol. The summed E-state index contributed by atoms with van der Waals surface area (Å²) in [7, 11) is 1.57. The Morgan fingerprint density at radius 3 is 2.36 bits per heavy atom. The van der Waals surface area contributed by atoms with Crippen molar-refractivity contribution in [2.75, 3.05) is 17.7 Å². The average Bonchev–Trinajstić information content (AvgIpc) is 2.49. The number of nitro benzene ring substituents is 1. The highest BCUT2D eigenvalue weighted by Crippen LogP contribution is 2.22. The number of methoxy groups -OCH3 is 1. The van der Waals surface area contributed by atoms with Crippen LogP contribution in [-0.4, -0.2) is 17.1 Å². The van der Waals surface area contributed by atoms with Gasteiger partial charge in [-0.3, -0.25) is 10.1 Å². The number of benzene rings is 2. The molecule has 0 unspecified atom stereocenters. The van der Waals surface area contributed by atoms with Crippen LogP contribution in [0, 0.1) is 15.9 Å². The lowest BCUT2D eigenvalue weighted by Gasteiger charge is -2.11. The molecule has 0 saturated heterocycles. The molecule has 2 aromatic rings. The number of nitro groups is 1. The number of nitrogens with one attached hydrogen (secondary N) is 2. The van der Waals surface area contributed by atoms with E-state index in [4.69, 9.17) is 17.0 Å². The Balaban J connectivity index is 2.05. The summed E-state index contributed by atoms with van der Waals surface area (Å²) in [6.07, 6.45) is 0. The molecule has 2 N–H and O–H groups in total. The van der Waals surface area contributed by atoms with E-state index in [0.717, 1.165) is 17.8 Å². The van der Waals surface area contributed by atoms with Gasteiger partial charge in [0.15, 0.2) is 5.11 Å². The first-order chi connectivity index (χ1) is 10.5. The van der Waals surface area contributed by atoms with Crippen molar-refractivity contribution >= 4 is 34.4 Å². The zero-order chi connectivity index (χ0) is 16.1. The molecular weight excluding hydrogens is 309 g/mol. The van der Waals surface area contributed by atoms with Gasteiger partial charge in [-0.1, -0.05) is 0 Å². The number of nitrogens with zero attached hydrogens (tertiary/aromatic N) is 1. The number of hydrogen-bond donors (Lipinski definition) is 2. The van der Waals surface area contributed by atoms with Gasteiger partial charge in [0.05, 0.1) is 12.0 Å². The Labute approximate surface area is 131 Å². The normalized spacial score (nSPS) is 9.91. The molecule has 0 aliphatic rings. The lowest BCUT2D eigenvalue weighted by atomic mass is 10.2. The Kier molecular flexibility index (Phi) is 4.84. The third-order valence-corrected chi connectivity index (χ3v) is 2.95. The van der Waals surface area contributed by atoms with Gasteiger partial charge in [0.25, 0.3) is 0 Å². The summed E-state index contributed by atoms with van der Waals surface area (Å²) in [6.45, 7) is 0. The zero-order valence-corrected chi connectivity index (χ0v) is 12.3. The minimum absolute atomic E-state index is 0.228. The molecule has 0 aromatic heterocycles. The lowest BCUT2D eigenvalue weighted by Crippen LogP contribution is -2.19. The molecule has 0 aliphatic carbocycles. The number of ether oxygens (including phenoxy) is 1. The molecule has 0 spiro atoms. The zero-order valence-electron chi connectivity index (χ0n) is 11.5. The van der Waals surface area contributed by atoms with Crippen molar-refractivity contribution in [1.82, 2.24) is 0 Å². The summed E-state index contributed by atoms with van der Waals surface area (Å²) in [4.78, 5) is 9.90. The maximum Gasteiger partial charge on any atom is 0.306 e. The van der Waals surface area contributed by atoms with Crippen molar-refractivity contribution in [3.63, 3.8) is 0 Å². The summed E-state index contributed by atoms with van der Waals surface area (Å²) < 4.78 is 18.3. The minimum atomic E-state index is -0.899. The van der Waals surface area contributed by atoms with Gasteiger partial charge in [0.1, 0.15) is 5.75 Å². The fourth-order valence-corrected chi connectivity index (χ4v) is 1.93. The van der Waals surface area contributed by atoms with Crippen LogP contribution >= 0.6 is 12.2 Å². The highest BCUT2D eigenvalue weighted by molar-refractivity contribution is 7.80. The lowest BCUT2D eigenvalue weighted by molar-refractivity contribution is -0.387. The van der Waals surface area contributed by atoms with Crippen molar-refractivity contribution in [3.05, 3.63) is 58.4 Å². The van der Waals surface area contributed by atoms with Crippen molar-refractivity contribution < 1.29 is 14.1 Å². The standard InChI is InChI=1S/C14H12FN3O3S/c1-21-11-5-2-9(3-6-11)16-14(22)17-10-4-7-12(15)13(8-10)18(19)20/h2-8H,1H3,(H2,16,17,22). The fraction of sp³-hybridized carbons (Fsp3) is 0.0714. The highest BCUT2D eigenvalue weighted by Gasteiger charge is 2.14. The number of rotatable bonds is 4. The smallest absolute Gasteiger partial charge is 0.306 e. The molecule has 0 atom stereocenters. The molecular formula is C14H12FN3O3S. The van der Waals surface area contributed by atoms with Crippen LogP contribution in [0.15, 0.2) is 42.5 Å². The second-order valence-corrected chi connectivity index (χ2v) is 4.64. The van der Waals surface area contributed by atoms with Crippen LogP contribution in [0.3, 0.4) is 0 Å². The van der Waals surface area contributed by atoms with E-state index in [2.05, 4.69) is 10.6 Å². The summed E-state index contributed by atoms with van der Waals surface area (Å²) in [5.41, 5.74) is 0.422. The first-order valence-electron chi connectivity index (χ1n) is 6.15. The van der Waals surface area contributed by atoms with Gasteiger partial charge < -0.3 is 15.4 Å². The second-order valence-electron chi connectivity index (χ2n) is 4.23. The van der Waals surface area contributed by atoms with Crippen molar-refractivity contribution in [3.8, 4) is 5.75 Å². The van der Waals surface area contributed by atoms with E-state index in [1.807, 2.05) is 0 Å². The summed E-state index contributed by atoms with van der Waals surface area (Å²) in [6, 6.07) is 10.5. The van der Waals surface area contributed by atoms with Crippen molar-refractivity contribution in [2.45, 2.75) is 0 Å². The van der Waals surface area contributed by atoms with Gasteiger partial charge in [-0.15, -0.1) is 0 Å². The van der Waals surface area contributed by atoms with E-state index in [1.54, 1.807) is 31.4 Å². The molecule has 6 nitrogen and oxygen atoms in total. The van der Waals surface area contributed by atoms with Crippen LogP contribution in [0.25, 0.3) is 0 Å². The number of thiocarbonyl (C=S) groups is 1. The number of hydrogen-bond acceptors (Lipinski definition) is 4. The van der Waals surface area contributed by atoms with Crippen molar-refractivity contribution in [1.29, 1.82) is 0 Å². The van der Waals surface area contributed by atoms with Gasteiger partial charge in [0.2, 0.25) is 5.82 Å². The van der Waals surface area contributed by atoms with Gasteiger partial charge in [-0.2, -0.15) is 4.39 Å². The predicted octanol–water partition coefficient (Wildman–Crippen LogP) is 3.55. The van der Waals surface area contributed by atoms with E-state index in [0.29, 0.717) is 11.4 Å². The molecule has 0 saturated carbocycles. The molecule has 0 aliphatic heterocycles. The molecule has 0 radical (unpaired) electrons. The topological polar surface area (TPSA) is 76.4 Å². The fourth-order valence-electron chi connectivity index (χ4n) is 1.70. The second kappa shape index (κ2) is 6.81. The number of halogens is 1. The third kappa shape index (κ3) is 3.89. The Bertz CT molecular complexity index is 707. The van der Waals surface area contributed by atoms with Gasteiger partial charge in [-0.25, -0.2) is 0 Å². The van der Waals surface area contributed by atoms with E-state index in [1.165, 1.54) is 6.07 Å². The molecule has 114 valence electrons. The quantitative estimate of drug-likeness (QED) is 0.509. The van der Waals surface area contributed by atoms with Crippen molar-refractivity contribution in [2.24, 2.45) is 0 Å². The van der Waals surface area contributed by atoms with E-state index < -0.39 is 16.4 Å². The molecule has 2 aromatic carbocycles. The van der Waals surface area contributed by atoms with E-state index >= 15 is 0 Å². The van der Waals surface area contributed by atoms with E-state index in [-0.39, 0.29) is 5.11 Å². The number of anilines is 2. The molecule has 0 fully saturated rings. The predicted molar refractivity (Wildman–Crippen MR) is 85.9 cm³/mol. The van der Waals surface area contributed by atoms with Crippen LogP contribution in [0.5, 0.6) is 5.75 Å². The van der Waals surface area contributed by atoms with Gasteiger partial charge >= 0.3 is 5.69 Å².